The van der Waals surface area contributed by atoms with Crippen molar-refractivity contribution in [2.24, 2.45) is 10.8 Å². The number of carbonyl (C=O) groups excluding carboxylic acids is 3. The average molecular weight is 465 g/mol. The van der Waals surface area contributed by atoms with E-state index in [4.69, 9.17) is 0 Å². The Hall–Kier alpha value is -2.53. The Morgan fingerprint density at radius 3 is 2.38 bits per heavy atom. The van der Waals surface area contributed by atoms with Gasteiger partial charge < -0.3 is 10.2 Å². The molecule has 1 aromatic carbocycles. The summed E-state index contributed by atoms with van der Waals surface area (Å²) < 4.78 is 0. The second-order valence-corrected chi connectivity index (χ2v) is 11.5. The van der Waals surface area contributed by atoms with E-state index in [0.29, 0.717) is 36.3 Å². The van der Waals surface area contributed by atoms with Crippen LogP contribution < -0.4 is 0 Å². The van der Waals surface area contributed by atoms with E-state index in [0.717, 1.165) is 29.5 Å². The van der Waals surface area contributed by atoms with Crippen molar-refractivity contribution in [2.45, 2.75) is 92.1 Å². The van der Waals surface area contributed by atoms with Crippen molar-refractivity contribution in [3.63, 3.8) is 0 Å². The highest BCUT2D eigenvalue weighted by molar-refractivity contribution is 6.25. The Morgan fingerprint density at radius 1 is 1.15 bits per heavy atom. The molecule has 0 amide bonds. The molecule has 4 atom stereocenters. The Kier molecular flexibility index (Phi) is 5.60. The first kappa shape index (κ1) is 24.6. The number of ketones is 3. The van der Waals surface area contributed by atoms with Crippen LogP contribution >= 0.6 is 0 Å². The summed E-state index contributed by atoms with van der Waals surface area (Å²) in [6.45, 7) is 13.0. The van der Waals surface area contributed by atoms with Crippen molar-refractivity contribution in [2.75, 3.05) is 0 Å². The number of allylic oxidation sites excluding steroid dienone is 2. The lowest BCUT2D eigenvalue weighted by Gasteiger charge is -2.56. The topological polar surface area (TPSA) is 91.7 Å². The van der Waals surface area contributed by atoms with Gasteiger partial charge in [-0.3, -0.25) is 14.4 Å². The number of aliphatic hydroxyl groups excluding tert-OH is 1. The van der Waals surface area contributed by atoms with E-state index in [-0.39, 0.29) is 16.9 Å². The molecule has 0 saturated heterocycles. The number of aryl methyl sites for hydroxylation is 1. The molecule has 0 heterocycles. The lowest BCUT2D eigenvalue weighted by atomic mass is 9.47. The zero-order valence-corrected chi connectivity index (χ0v) is 21.4. The number of carbonyl (C=O) groups is 3. The molecule has 0 radical (unpaired) electrons. The van der Waals surface area contributed by atoms with Crippen molar-refractivity contribution in [1.82, 2.24) is 0 Å². The molecule has 0 saturated carbocycles. The van der Waals surface area contributed by atoms with Crippen LogP contribution in [0.5, 0.6) is 0 Å². The summed E-state index contributed by atoms with van der Waals surface area (Å²) in [5, 5.41) is 23.4. The summed E-state index contributed by atoms with van der Waals surface area (Å²) in [5.41, 5.74) is 0.208. The summed E-state index contributed by atoms with van der Waals surface area (Å²) in [4.78, 5) is 39.8. The van der Waals surface area contributed by atoms with Gasteiger partial charge in [0.05, 0.1) is 5.57 Å². The van der Waals surface area contributed by atoms with E-state index in [9.17, 15) is 24.6 Å². The predicted molar refractivity (Wildman–Crippen MR) is 131 cm³/mol. The highest BCUT2D eigenvalue weighted by Crippen LogP contribution is 2.62. The lowest BCUT2D eigenvalue weighted by Crippen LogP contribution is -2.63. The minimum Gasteiger partial charge on any atom is -0.508 e. The van der Waals surface area contributed by atoms with E-state index < -0.39 is 33.8 Å². The second-order valence-electron chi connectivity index (χ2n) is 11.5. The molecule has 1 unspecified atom stereocenters. The van der Waals surface area contributed by atoms with Gasteiger partial charge in [0.1, 0.15) is 5.76 Å². The number of hydrogen-bond donors (Lipinski definition) is 2. The molecule has 34 heavy (non-hydrogen) atoms. The number of fused-ring (bicyclic) bond motifs is 3. The van der Waals surface area contributed by atoms with E-state index >= 15 is 0 Å². The maximum absolute atomic E-state index is 14.0. The highest BCUT2D eigenvalue weighted by Gasteiger charge is 2.67. The summed E-state index contributed by atoms with van der Waals surface area (Å²) in [5.74, 6) is -1.82. The Morgan fingerprint density at radius 2 is 1.79 bits per heavy atom. The molecule has 182 valence electrons. The first-order chi connectivity index (χ1) is 15.7. The molecular formula is C29H36O5. The molecular weight excluding hydrogens is 428 g/mol. The third-order valence-electron chi connectivity index (χ3n) is 8.66. The zero-order valence-electron chi connectivity index (χ0n) is 21.4. The second kappa shape index (κ2) is 7.74. The molecule has 0 aliphatic heterocycles. The van der Waals surface area contributed by atoms with E-state index in [1.807, 2.05) is 19.9 Å². The fourth-order valence-corrected chi connectivity index (χ4v) is 7.30. The summed E-state index contributed by atoms with van der Waals surface area (Å²) in [6.07, 6.45) is 3.26. The maximum Gasteiger partial charge on any atom is 0.206 e. The number of aliphatic hydroxyl groups is 2. The molecule has 0 aromatic heterocycles. The normalized spacial score (nSPS) is 31.8. The van der Waals surface area contributed by atoms with Gasteiger partial charge in [-0.1, -0.05) is 51.8 Å². The van der Waals surface area contributed by atoms with Crippen LogP contribution in [0.4, 0.5) is 0 Å². The SMILES string of the molecule is CCCC(C)c1ccc(C)c2c1C[C@]1(C)C[C@]3(C)CC(C)=C(C(C)=O)C(=O)[C@]3(O)C(O)=C1C2=O. The molecule has 4 rings (SSSR count). The van der Waals surface area contributed by atoms with Crippen LogP contribution in [-0.2, 0) is 16.0 Å². The van der Waals surface area contributed by atoms with Crippen molar-refractivity contribution in [1.29, 1.82) is 0 Å². The van der Waals surface area contributed by atoms with Crippen molar-refractivity contribution >= 4 is 17.3 Å². The lowest BCUT2D eigenvalue weighted by molar-refractivity contribution is -0.157. The molecule has 0 bridgehead atoms. The number of hydrogen-bond acceptors (Lipinski definition) is 5. The summed E-state index contributed by atoms with van der Waals surface area (Å²) >= 11 is 0. The smallest absolute Gasteiger partial charge is 0.206 e. The van der Waals surface area contributed by atoms with Gasteiger partial charge in [-0.15, -0.1) is 0 Å². The molecule has 1 aromatic rings. The molecule has 5 nitrogen and oxygen atoms in total. The standard InChI is InChI=1S/C29H36O5/c1-8-9-15(2)19-11-10-16(3)22-20(19)13-27(6)14-28(7)12-17(4)21(18(5)30)25(32)29(28,34)26(33)23(27)24(22)31/h10-11,15,33-34H,8-9,12-14H2,1-7H3/t15?,27-,28+,29+/m1/s1. The molecule has 2 N–H and O–H groups in total. The van der Waals surface area contributed by atoms with Gasteiger partial charge in [0.15, 0.2) is 17.2 Å². The maximum atomic E-state index is 14.0. The van der Waals surface area contributed by atoms with Crippen LogP contribution in [0.15, 0.2) is 34.6 Å². The minimum absolute atomic E-state index is 0.0637. The molecule has 3 aliphatic rings. The fourth-order valence-electron chi connectivity index (χ4n) is 7.30. The molecule has 5 heteroatoms. The van der Waals surface area contributed by atoms with Crippen LogP contribution in [0.2, 0.25) is 0 Å². The Labute approximate surface area is 202 Å². The Bertz CT molecular complexity index is 1200. The van der Waals surface area contributed by atoms with Crippen LogP contribution in [0.3, 0.4) is 0 Å². The highest BCUT2D eigenvalue weighted by atomic mass is 16.3. The average Bonchev–Trinajstić information content (AvgIpc) is 2.70. The van der Waals surface area contributed by atoms with Crippen molar-refractivity contribution in [3.05, 3.63) is 56.9 Å². The quantitative estimate of drug-likeness (QED) is 0.576. The van der Waals surface area contributed by atoms with Gasteiger partial charge in [0, 0.05) is 22.0 Å². The minimum atomic E-state index is -2.30. The number of Topliss-reactive ketones (excluding diaryl/α,β-unsaturated/α-hetero) is 3. The third-order valence-corrected chi connectivity index (χ3v) is 8.66. The molecule has 0 fully saturated rings. The van der Waals surface area contributed by atoms with Crippen LogP contribution in [0, 0.1) is 17.8 Å². The number of rotatable bonds is 4. The molecule has 0 spiro atoms. The fraction of sp³-hybridized carbons (Fsp3) is 0.552. The van der Waals surface area contributed by atoms with Crippen molar-refractivity contribution in [3.8, 4) is 0 Å². The first-order valence-electron chi connectivity index (χ1n) is 12.3. The molecule has 3 aliphatic carbocycles. The summed E-state index contributed by atoms with van der Waals surface area (Å²) in [6, 6.07) is 4.07. The Balaban J connectivity index is 1.99. The van der Waals surface area contributed by atoms with Gasteiger partial charge in [0.25, 0.3) is 0 Å². The van der Waals surface area contributed by atoms with Crippen molar-refractivity contribution < 1.29 is 24.6 Å². The van der Waals surface area contributed by atoms with E-state index in [1.54, 1.807) is 13.8 Å². The van der Waals surface area contributed by atoms with Crippen LogP contribution in [0.1, 0.15) is 100 Å². The van der Waals surface area contributed by atoms with Gasteiger partial charge in [-0.05, 0) is 69.1 Å². The van der Waals surface area contributed by atoms with E-state index in [2.05, 4.69) is 19.9 Å². The monoisotopic (exact) mass is 464 g/mol. The van der Waals surface area contributed by atoms with Crippen LogP contribution in [0.25, 0.3) is 0 Å². The van der Waals surface area contributed by atoms with E-state index in [1.165, 1.54) is 6.92 Å². The van der Waals surface area contributed by atoms with Crippen LogP contribution in [-0.4, -0.2) is 33.2 Å². The van der Waals surface area contributed by atoms with Gasteiger partial charge in [0.2, 0.25) is 5.78 Å². The van der Waals surface area contributed by atoms with Gasteiger partial charge in [-0.2, -0.15) is 0 Å². The number of benzene rings is 1. The largest absolute Gasteiger partial charge is 0.508 e. The summed E-state index contributed by atoms with van der Waals surface area (Å²) in [7, 11) is 0. The van der Waals surface area contributed by atoms with Gasteiger partial charge in [-0.25, -0.2) is 0 Å². The zero-order chi connectivity index (χ0) is 25.4. The predicted octanol–water partition coefficient (Wildman–Crippen LogP) is 5.48. The first-order valence-corrected chi connectivity index (χ1v) is 12.3. The third kappa shape index (κ3) is 3.05. The van der Waals surface area contributed by atoms with Gasteiger partial charge >= 0.3 is 0 Å².